The number of hydrogen-bond acceptors (Lipinski definition) is 7. The van der Waals surface area contributed by atoms with Crippen LogP contribution in [0.2, 0.25) is 0 Å². The minimum absolute atomic E-state index is 0.0523. The molecule has 0 aliphatic heterocycles. The number of nitrogens with zero attached hydrogens (tertiary/aromatic N) is 1. The first-order chi connectivity index (χ1) is 16.2. The molecule has 10 nitrogen and oxygen atoms in total. The molecule has 0 atom stereocenters. The van der Waals surface area contributed by atoms with Gasteiger partial charge in [-0.2, -0.15) is 0 Å². The first-order valence-corrected chi connectivity index (χ1v) is 12.2. The zero-order valence-electron chi connectivity index (χ0n) is 19.3. The van der Waals surface area contributed by atoms with Crippen LogP contribution in [0, 0.1) is 0 Å². The van der Waals surface area contributed by atoms with Crippen LogP contribution >= 0.6 is 0 Å². The lowest BCUT2D eigenvalue weighted by Gasteiger charge is -2.14. The molecule has 182 valence electrons. The lowest BCUT2D eigenvalue weighted by atomic mass is 10.2. The van der Waals surface area contributed by atoms with Gasteiger partial charge in [-0.1, -0.05) is 38.5 Å². The number of aliphatic imine (C=N–C) groups is 1. The van der Waals surface area contributed by atoms with Gasteiger partial charge in [-0.05, 0) is 36.8 Å². The third kappa shape index (κ3) is 7.41. The van der Waals surface area contributed by atoms with Crippen molar-refractivity contribution in [1.29, 1.82) is 0 Å². The van der Waals surface area contributed by atoms with Crippen molar-refractivity contribution in [2.75, 3.05) is 12.4 Å². The smallest absolute Gasteiger partial charge is 0.413 e. The number of guanidine groups is 1. The second-order valence-corrected chi connectivity index (χ2v) is 9.08. The molecule has 0 saturated carbocycles. The second kappa shape index (κ2) is 12.5. The van der Waals surface area contributed by atoms with Crippen LogP contribution < -0.4 is 16.0 Å². The molecule has 11 heteroatoms. The van der Waals surface area contributed by atoms with E-state index in [9.17, 15) is 22.8 Å². The molecule has 0 radical (unpaired) electrons. The molecule has 0 fully saturated rings. The Balaban J connectivity index is 2.56. The van der Waals surface area contributed by atoms with E-state index in [1.54, 1.807) is 25.1 Å². The quantitative estimate of drug-likeness (QED) is 0.383. The average molecular weight is 489 g/mol. The Morgan fingerprint density at radius 1 is 0.941 bits per heavy atom. The molecule has 0 aliphatic rings. The largest absolute Gasteiger partial charge is 0.453 e. The molecule has 2 aromatic carbocycles. The summed E-state index contributed by atoms with van der Waals surface area (Å²) < 4.78 is 30.7. The number of sulfone groups is 1. The van der Waals surface area contributed by atoms with Crippen LogP contribution in [0.5, 0.6) is 0 Å². The van der Waals surface area contributed by atoms with Gasteiger partial charge < -0.3 is 10.1 Å². The van der Waals surface area contributed by atoms with Gasteiger partial charge in [-0.3, -0.25) is 20.2 Å². The van der Waals surface area contributed by atoms with Gasteiger partial charge in [0.05, 0.1) is 28.3 Å². The van der Waals surface area contributed by atoms with E-state index in [1.165, 1.54) is 30.3 Å². The van der Waals surface area contributed by atoms with E-state index in [0.717, 1.165) is 13.5 Å². The average Bonchev–Trinajstić information content (AvgIpc) is 2.83. The first-order valence-electron chi connectivity index (χ1n) is 10.7. The molecule has 2 rings (SSSR count). The molecule has 0 aliphatic carbocycles. The highest BCUT2D eigenvalue weighted by molar-refractivity contribution is 7.91. The minimum atomic E-state index is -3.86. The number of alkyl carbamates (subject to hydrolysis) is 1. The summed E-state index contributed by atoms with van der Waals surface area (Å²) in [5, 5.41) is 7.41. The summed E-state index contributed by atoms with van der Waals surface area (Å²) in [7, 11) is -2.71. The van der Waals surface area contributed by atoms with Crippen molar-refractivity contribution in [2.24, 2.45) is 4.99 Å². The molecule has 0 heterocycles. The maximum absolute atomic E-state index is 13.1. The molecule has 0 bridgehead atoms. The molecule has 34 heavy (non-hydrogen) atoms. The maximum atomic E-state index is 13.1. The zero-order valence-corrected chi connectivity index (χ0v) is 20.1. The predicted molar refractivity (Wildman–Crippen MR) is 128 cm³/mol. The van der Waals surface area contributed by atoms with Crippen LogP contribution in [-0.2, 0) is 24.2 Å². The zero-order chi connectivity index (χ0) is 25.1. The van der Waals surface area contributed by atoms with E-state index in [0.29, 0.717) is 6.42 Å². The summed E-state index contributed by atoms with van der Waals surface area (Å²) in [6.45, 7) is 3.56. The number of rotatable bonds is 8. The fourth-order valence-electron chi connectivity index (χ4n) is 2.74. The summed E-state index contributed by atoms with van der Waals surface area (Å²) in [5.74, 6) is -0.985. The summed E-state index contributed by atoms with van der Waals surface area (Å²) in [4.78, 5) is 40.3. The number of nitrogens with one attached hydrogen (secondary N) is 3. The van der Waals surface area contributed by atoms with E-state index in [-0.39, 0.29) is 45.9 Å². The van der Waals surface area contributed by atoms with Gasteiger partial charge in [0.2, 0.25) is 27.6 Å². The normalized spacial score (nSPS) is 11.4. The Labute approximate surface area is 198 Å². The fraction of sp³-hybridized carbons (Fsp3) is 0.304. The van der Waals surface area contributed by atoms with E-state index in [2.05, 4.69) is 25.7 Å². The van der Waals surface area contributed by atoms with Crippen molar-refractivity contribution in [3.63, 3.8) is 0 Å². The number of benzene rings is 2. The number of carbonyl (C=O) groups is 3. The predicted octanol–water partition coefficient (Wildman–Crippen LogP) is 3.52. The topological polar surface area (TPSA) is 143 Å². The Hall–Kier alpha value is -3.73. The molecular weight excluding hydrogens is 460 g/mol. The molecule has 0 aromatic heterocycles. The summed E-state index contributed by atoms with van der Waals surface area (Å²) in [6, 6.07) is 11.9. The van der Waals surface area contributed by atoms with Gasteiger partial charge in [0, 0.05) is 12.8 Å². The highest BCUT2D eigenvalue weighted by Crippen LogP contribution is 2.31. The number of ether oxygens (including phenoxy) is 1. The Bertz CT molecular complexity index is 1140. The third-order valence-electron chi connectivity index (χ3n) is 4.58. The van der Waals surface area contributed by atoms with Crippen molar-refractivity contribution in [2.45, 2.75) is 49.3 Å². The van der Waals surface area contributed by atoms with Gasteiger partial charge >= 0.3 is 6.09 Å². The highest BCUT2D eigenvalue weighted by atomic mass is 32.2. The number of methoxy groups -OCH3 is 1. The van der Waals surface area contributed by atoms with E-state index in [4.69, 9.17) is 0 Å². The van der Waals surface area contributed by atoms with Gasteiger partial charge in [0.1, 0.15) is 0 Å². The van der Waals surface area contributed by atoms with Crippen LogP contribution in [0.25, 0.3) is 0 Å². The van der Waals surface area contributed by atoms with Crippen molar-refractivity contribution in [3.8, 4) is 0 Å². The molecule has 3 amide bonds. The second-order valence-electron chi connectivity index (χ2n) is 7.13. The Morgan fingerprint density at radius 3 is 2.26 bits per heavy atom. The maximum Gasteiger partial charge on any atom is 0.413 e. The van der Waals surface area contributed by atoms with Gasteiger partial charge in [-0.15, -0.1) is 0 Å². The third-order valence-corrected chi connectivity index (χ3v) is 6.35. The van der Waals surface area contributed by atoms with Crippen LogP contribution in [0.4, 0.5) is 16.2 Å². The van der Waals surface area contributed by atoms with E-state index >= 15 is 0 Å². The van der Waals surface area contributed by atoms with Crippen molar-refractivity contribution in [3.05, 3.63) is 48.5 Å². The molecule has 0 spiro atoms. The summed E-state index contributed by atoms with van der Waals surface area (Å²) >= 11 is 0. The first kappa shape index (κ1) is 26.5. The standard InChI is InChI=1S/C23H28N4O6S/c1-4-6-12-21(29)24-19-15-17(34(31,32)16-10-8-7-9-11-16)13-14-18(19)25-22(26-20(28)5-2)27-23(30)33-3/h7-11,13-15H,4-6,12H2,1-3H3,(H,24,29)(H2,25,26,27,28,30). The minimum Gasteiger partial charge on any atom is -0.453 e. The number of carbonyl (C=O) groups excluding carboxylic acids is 3. The van der Waals surface area contributed by atoms with Gasteiger partial charge in [-0.25, -0.2) is 18.2 Å². The monoisotopic (exact) mass is 488 g/mol. The van der Waals surface area contributed by atoms with Crippen LogP contribution in [0.3, 0.4) is 0 Å². The number of amides is 3. The van der Waals surface area contributed by atoms with Crippen LogP contribution in [-0.4, -0.2) is 39.4 Å². The van der Waals surface area contributed by atoms with Crippen LogP contribution in [0.15, 0.2) is 63.3 Å². The lowest BCUT2D eigenvalue weighted by molar-refractivity contribution is -0.119. The van der Waals surface area contributed by atoms with Crippen molar-refractivity contribution >= 4 is 45.1 Å². The van der Waals surface area contributed by atoms with Gasteiger partial charge in [0.25, 0.3) is 0 Å². The molecule has 3 N–H and O–H groups in total. The number of anilines is 1. The van der Waals surface area contributed by atoms with Crippen molar-refractivity contribution in [1.82, 2.24) is 10.6 Å². The fourth-order valence-corrected chi connectivity index (χ4v) is 4.05. The lowest BCUT2D eigenvalue weighted by Crippen LogP contribution is -2.43. The molecule has 2 aromatic rings. The molecule has 0 saturated heterocycles. The SMILES string of the molecule is CCCCC(=O)Nc1cc(S(=O)(=O)c2ccccc2)ccc1N=C(NC(=O)CC)NC(=O)OC. The van der Waals surface area contributed by atoms with E-state index < -0.39 is 21.8 Å². The Morgan fingerprint density at radius 2 is 1.65 bits per heavy atom. The number of hydrogen-bond donors (Lipinski definition) is 3. The number of unbranched alkanes of at least 4 members (excludes halogenated alkanes) is 1. The highest BCUT2D eigenvalue weighted by Gasteiger charge is 2.20. The summed E-state index contributed by atoms with van der Waals surface area (Å²) in [6.07, 6.45) is 0.934. The van der Waals surface area contributed by atoms with Crippen molar-refractivity contribution < 1.29 is 27.5 Å². The molecular formula is C23H28N4O6S. The molecule has 0 unspecified atom stereocenters. The Kier molecular flexibility index (Phi) is 9.75. The summed E-state index contributed by atoms with van der Waals surface area (Å²) in [5.41, 5.74) is 0.229. The van der Waals surface area contributed by atoms with Gasteiger partial charge in [0.15, 0.2) is 0 Å². The van der Waals surface area contributed by atoms with Crippen LogP contribution in [0.1, 0.15) is 39.5 Å². The van der Waals surface area contributed by atoms with E-state index in [1.807, 2.05) is 6.92 Å².